The van der Waals surface area contributed by atoms with Crippen molar-refractivity contribution in [1.29, 1.82) is 0 Å². The summed E-state index contributed by atoms with van der Waals surface area (Å²) < 4.78 is 43.2. The number of aliphatic carboxylic acids is 2. The minimum absolute atomic E-state index is 0. The fraction of sp³-hybridized carbons (Fsp3) is 0.408. The Morgan fingerprint density at radius 3 is 1.18 bits per heavy atom. The molecule has 0 N–H and O–H groups in total. The van der Waals surface area contributed by atoms with Crippen LogP contribution in [0.4, 0.5) is 45.5 Å². The number of esters is 1. The van der Waals surface area contributed by atoms with Crippen molar-refractivity contribution in [1.82, 2.24) is 0 Å². The predicted octanol–water partition coefficient (Wildman–Crippen LogP) is 0.118. The van der Waals surface area contributed by atoms with Crippen molar-refractivity contribution in [3.05, 3.63) is 117 Å². The minimum Gasteiger partial charge on any atom is -0.548 e. The van der Waals surface area contributed by atoms with Gasteiger partial charge in [0.05, 0.1) is 122 Å². The van der Waals surface area contributed by atoms with Gasteiger partial charge in [0, 0.05) is 62.6 Å². The van der Waals surface area contributed by atoms with Crippen molar-refractivity contribution in [2.24, 2.45) is 20.5 Å². The first kappa shape index (κ1) is 69.2. The van der Waals surface area contributed by atoms with Gasteiger partial charge in [-0.05, 0) is 76.2 Å². The van der Waals surface area contributed by atoms with Crippen LogP contribution in [0, 0.1) is 20.2 Å². The molecule has 0 aliphatic rings. The Balaban J connectivity index is 0.000000744. The van der Waals surface area contributed by atoms with Crippen LogP contribution in [-0.2, 0) is 42.8 Å². The average Bonchev–Trinajstić information content (AvgIpc) is 3.37. The standard InChI is InChI=1S/C27H36N4O8.C22H26N4O9.2K/c1-5-37-21(4)19-35-16-14-30(15-17-36-20-27(32)39-7-3)25-13-10-23(18-26(25)38-6-2)29-28-22-8-11-24(12-9-22)31(33)34;1-2-35-20-13-17(24-23-16-3-6-18(7-4-16)26(31)32)5-8-19(20)25(9-11-33-14-21(27)28)10-12-34-15-22(29)30;;/h8-13,18H,4-7,14-17,19-20H2,1-3H3;3-8,13H,2,9-12,14-15H2,1H3,(H,27,28)(H,29,30);;/q;;2*+1/p-2. The van der Waals surface area contributed by atoms with E-state index in [1.165, 1.54) is 48.5 Å². The fourth-order valence-electron chi connectivity index (χ4n) is 6.21. The van der Waals surface area contributed by atoms with E-state index in [0.29, 0.717) is 91.8 Å². The number of carboxylic acids is 2. The number of hydrogen-bond donors (Lipinski definition) is 0. The SMILES string of the molecule is C=C(COCCN(CCOCC(=O)OCC)c1ccc(N=Nc2ccc([N+](=O)[O-])cc2)cc1OCC)OCC.CCOc1cc(N=Nc2ccc([N+](=O)[O-])cc2)ccc1N(CCOCC(=O)[O-])CCOCC(=O)[O-].[K+].[K+]. The molecular formula is C49H60K2N8O17. The van der Waals surface area contributed by atoms with E-state index in [1.54, 1.807) is 49.1 Å². The van der Waals surface area contributed by atoms with Crippen LogP contribution in [0.15, 0.2) is 118 Å². The van der Waals surface area contributed by atoms with E-state index >= 15 is 0 Å². The van der Waals surface area contributed by atoms with Crippen molar-refractivity contribution in [3.63, 3.8) is 0 Å². The van der Waals surface area contributed by atoms with Crippen LogP contribution in [0.5, 0.6) is 11.5 Å². The maximum absolute atomic E-state index is 11.6. The topological polar surface area (TPSA) is 313 Å². The number of carboxylic acid groups (broad SMARTS) is 2. The number of ether oxygens (including phenoxy) is 8. The Morgan fingerprint density at radius 2 is 0.842 bits per heavy atom. The van der Waals surface area contributed by atoms with Gasteiger partial charge < -0.3 is 67.5 Å². The molecule has 76 heavy (non-hydrogen) atoms. The molecular weight excluding hydrogens is 1050 g/mol. The van der Waals surface area contributed by atoms with Gasteiger partial charge in [-0.3, -0.25) is 20.2 Å². The summed E-state index contributed by atoms with van der Waals surface area (Å²) in [5.74, 6) is -1.51. The molecule has 0 spiro atoms. The number of nitro benzene ring substituents is 2. The van der Waals surface area contributed by atoms with Crippen molar-refractivity contribution in [2.45, 2.75) is 27.7 Å². The molecule has 0 amide bonds. The summed E-state index contributed by atoms with van der Waals surface area (Å²) in [6.07, 6.45) is 0. The van der Waals surface area contributed by atoms with Crippen LogP contribution in [0.2, 0.25) is 0 Å². The normalized spacial score (nSPS) is 10.6. The molecule has 25 nitrogen and oxygen atoms in total. The molecule has 0 heterocycles. The molecule has 0 saturated heterocycles. The number of non-ortho nitro benzene ring substituents is 2. The maximum atomic E-state index is 11.6. The first-order valence-electron chi connectivity index (χ1n) is 23.2. The molecule has 0 saturated carbocycles. The number of nitrogens with zero attached hydrogens (tertiary/aromatic N) is 8. The zero-order valence-corrected chi connectivity index (χ0v) is 49.9. The number of benzene rings is 4. The largest absolute Gasteiger partial charge is 1.00 e. The Morgan fingerprint density at radius 1 is 0.500 bits per heavy atom. The molecule has 0 aliphatic carbocycles. The predicted molar refractivity (Wildman–Crippen MR) is 265 cm³/mol. The van der Waals surface area contributed by atoms with Crippen LogP contribution in [0.1, 0.15) is 27.7 Å². The van der Waals surface area contributed by atoms with Gasteiger partial charge in [-0.15, -0.1) is 0 Å². The fourth-order valence-corrected chi connectivity index (χ4v) is 6.21. The second-order valence-electron chi connectivity index (χ2n) is 14.8. The van der Waals surface area contributed by atoms with Gasteiger partial charge in [-0.25, -0.2) is 4.79 Å². The van der Waals surface area contributed by atoms with Gasteiger partial charge in [0.15, 0.2) is 0 Å². The smallest absolute Gasteiger partial charge is 0.548 e. The minimum atomic E-state index is -1.34. The quantitative estimate of drug-likeness (QED) is 0.0112. The van der Waals surface area contributed by atoms with Gasteiger partial charge in [0.2, 0.25) is 0 Å². The molecule has 4 aromatic rings. The molecule has 4 aromatic carbocycles. The number of azo groups is 2. The van der Waals surface area contributed by atoms with E-state index in [9.17, 15) is 44.8 Å². The summed E-state index contributed by atoms with van der Waals surface area (Å²) in [5, 5.41) is 59.4. The number of anilines is 2. The van der Waals surface area contributed by atoms with E-state index in [-0.39, 0.29) is 160 Å². The first-order chi connectivity index (χ1) is 35.7. The molecule has 0 bridgehead atoms. The molecule has 0 fully saturated rings. The van der Waals surface area contributed by atoms with Gasteiger partial charge in [-0.2, -0.15) is 20.5 Å². The summed E-state index contributed by atoms with van der Waals surface area (Å²) in [4.78, 5) is 57.2. The Hall–Kier alpha value is -4.86. The Kier molecular flexibility index (Phi) is 36.7. The molecule has 0 atom stereocenters. The molecule has 0 radical (unpaired) electrons. The maximum Gasteiger partial charge on any atom is 1.00 e. The van der Waals surface area contributed by atoms with Crippen LogP contribution in [0.25, 0.3) is 0 Å². The zero-order chi connectivity index (χ0) is 54.1. The second kappa shape index (κ2) is 40.4. The van der Waals surface area contributed by atoms with E-state index in [2.05, 4.69) is 27.0 Å². The van der Waals surface area contributed by atoms with E-state index < -0.39 is 41.0 Å². The van der Waals surface area contributed by atoms with E-state index in [4.69, 9.17) is 37.9 Å². The van der Waals surface area contributed by atoms with Crippen LogP contribution >= 0.6 is 0 Å². The van der Waals surface area contributed by atoms with Gasteiger partial charge in [0.25, 0.3) is 11.4 Å². The number of nitro groups is 2. The molecule has 0 aliphatic heterocycles. The third kappa shape index (κ3) is 28.0. The first-order valence-corrected chi connectivity index (χ1v) is 23.2. The summed E-state index contributed by atoms with van der Waals surface area (Å²) in [6.45, 7) is 14.0. The van der Waals surface area contributed by atoms with Crippen LogP contribution in [0.3, 0.4) is 0 Å². The number of hydrogen-bond acceptors (Lipinski definition) is 23. The Bertz CT molecular complexity index is 2420. The molecule has 0 unspecified atom stereocenters. The molecule has 27 heteroatoms. The molecule has 400 valence electrons. The third-order valence-electron chi connectivity index (χ3n) is 9.45. The van der Waals surface area contributed by atoms with Crippen molar-refractivity contribution in [2.75, 3.05) is 115 Å². The van der Waals surface area contributed by atoms with Crippen LogP contribution < -0.4 is 132 Å². The summed E-state index contributed by atoms with van der Waals surface area (Å²) in [7, 11) is 0. The van der Waals surface area contributed by atoms with Crippen molar-refractivity contribution >= 4 is 63.4 Å². The number of rotatable bonds is 35. The number of carbonyl (C=O) groups is 3. The zero-order valence-electron chi connectivity index (χ0n) is 43.6. The van der Waals surface area contributed by atoms with E-state index in [0.717, 1.165) is 5.69 Å². The van der Waals surface area contributed by atoms with Gasteiger partial charge in [-0.1, -0.05) is 6.58 Å². The molecule has 0 aromatic heterocycles. The van der Waals surface area contributed by atoms with Crippen molar-refractivity contribution < 1.29 is 175 Å². The number of carbonyl (C=O) groups excluding carboxylic acids is 3. The van der Waals surface area contributed by atoms with E-state index in [1.807, 2.05) is 24.8 Å². The van der Waals surface area contributed by atoms with Gasteiger partial charge in [0.1, 0.15) is 30.5 Å². The molecule has 4 rings (SSSR count). The monoisotopic (exact) mass is 1110 g/mol. The van der Waals surface area contributed by atoms with Gasteiger partial charge >= 0.3 is 109 Å². The summed E-state index contributed by atoms with van der Waals surface area (Å²) in [5.41, 5.74) is 3.24. The second-order valence-corrected chi connectivity index (χ2v) is 14.8. The Labute approximate surface area is 525 Å². The summed E-state index contributed by atoms with van der Waals surface area (Å²) >= 11 is 0. The average molecular weight is 1110 g/mol. The summed E-state index contributed by atoms with van der Waals surface area (Å²) in [6, 6.07) is 21.8. The van der Waals surface area contributed by atoms with Crippen molar-refractivity contribution in [3.8, 4) is 11.5 Å². The van der Waals surface area contributed by atoms with Crippen LogP contribution in [-0.4, -0.2) is 133 Å². The third-order valence-corrected chi connectivity index (χ3v) is 9.45.